The molecule has 0 radical (unpaired) electrons. The number of ether oxygens (including phenoxy) is 2. The number of H-pyrrole nitrogens is 1. The van der Waals surface area contributed by atoms with Crippen LogP contribution in [-0.2, 0) is 0 Å². The van der Waals surface area contributed by atoms with Gasteiger partial charge in [0, 0.05) is 59.8 Å². The molecule has 0 bridgehead atoms. The van der Waals surface area contributed by atoms with E-state index in [9.17, 15) is 18.8 Å². The molecule has 43 heavy (non-hydrogen) atoms. The number of hydrogen-bond acceptors (Lipinski definition) is 6. The lowest BCUT2D eigenvalue weighted by atomic mass is 10.1. The summed E-state index contributed by atoms with van der Waals surface area (Å²) in [6.45, 7) is 3.13. The van der Waals surface area contributed by atoms with Crippen molar-refractivity contribution in [3.8, 4) is 11.5 Å². The Morgan fingerprint density at radius 2 is 1.70 bits per heavy atom. The van der Waals surface area contributed by atoms with E-state index in [0.717, 1.165) is 6.54 Å². The van der Waals surface area contributed by atoms with Crippen LogP contribution in [0.2, 0.25) is 0 Å². The van der Waals surface area contributed by atoms with Crippen molar-refractivity contribution in [2.45, 2.75) is 6.92 Å². The topological polar surface area (TPSA) is 116 Å². The van der Waals surface area contributed by atoms with Gasteiger partial charge in [-0.1, -0.05) is 0 Å². The molecule has 1 aliphatic heterocycles. The molecule has 0 fully saturated rings. The normalized spacial score (nSPS) is 13.3. The number of aryl methyl sites for hydroxylation is 1. The number of aromatic amines is 1. The largest absolute Gasteiger partial charge is 0.497 e. The van der Waals surface area contributed by atoms with Gasteiger partial charge in [0.1, 0.15) is 11.5 Å². The van der Waals surface area contributed by atoms with Crippen LogP contribution in [0.15, 0.2) is 60.4 Å². The molecule has 0 aliphatic carbocycles. The SMILES string of the molecule is COc1cc(F)c2[nH]c(C)c(C=C3Oc4ccc(NC(=O)Nc5ccc(C(=O)N(C)CCN(C)C)cc5)cc4C3=O)c2c1. The third kappa shape index (κ3) is 6.21. The second-order valence-electron chi connectivity index (χ2n) is 10.5. The number of methoxy groups -OCH3 is 1. The molecular formula is C32H32FN5O5. The first-order chi connectivity index (χ1) is 20.5. The Morgan fingerprint density at radius 1 is 1.00 bits per heavy atom. The lowest BCUT2D eigenvalue weighted by molar-refractivity contribution is 0.0786. The summed E-state index contributed by atoms with van der Waals surface area (Å²) in [4.78, 5) is 45.2. The minimum absolute atomic E-state index is 0.0748. The highest BCUT2D eigenvalue weighted by Gasteiger charge is 2.29. The minimum Gasteiger partial charge on any atom is -0.497 e. The number of fused-ring (bicyclic) bond motifs is 2. The fourth-order valence-electron chi connectivity index (χ4n) is 4.74. The summed E-state index contributed by atoms with van der Waals surface area (Å²) in [7, 11) is 7.10. The highest BCUT2D eigenvalue weighted by molar-refractivity contribution is 6.16. The lowest BCUT2D eigenvalue weighted by Gasteiger charge is -2.19. The number of ketones is 1. The number of halogens is 1. The van der Waals surface area contributed by atoms with Crippen molar-refractivity contribution >= 4 is 46.1 Å². The molecule has 0 spiro atoms. The molecule has 3 N–H and O–H groups in total. The maximum atomic E-state index is 14.6. The number of anilines is 2. The standard InChI is InChI=1S/C32H32FN5O5/c1-18-23(24-15-22(42-5)16-26(33)29(24)34-18)17-28-30(39)25-14-21(10-11-27(25)43-28)36-32(41)35-20-8-6-19(7-9-20)31(40)38(4)13-12-37(2)3/h6-11,14-17,34H,12-13H2,1-5H3,(H2,35,36,41). The molecule has 5 rings (SSSR count). The highest BCUT2D eigenvalue weighted by Crippen LogP contribution is 2.36. The van der Waals surface area contributed by atoms with E-state index in [1.807, 2.05) is 19.0 Å². The van der Waals surface area contributed by atoms with Crippen LogP contribution in [0.4, 0.5) is 20.6 Å². The summed E-state index contributed by atoms with van der Waals surface area (Å²) in [6, 6.07) is 13.8. The van der Waals surface area contributed by atoms with Gasteiger partial charge in [0.25, 0.3) is 5.91 Å². The van der Waals surface area contributed by atoms with Gasteiger partial charge in [0.05, 0.1) is 18.2 Å². The maximum absolute atomic E-state index is 14.6. The Morgan fingerprint density at radius 3 is 2.40 bits per heavy atom. The number of benzene rings is 3. The van der Waals surface area contributed by atoms with Gasteiger partial charge in [0.15, 0.2) is 11.6 Å². The Kier molecular flexibility index (Phi) is 8.18. The van der Waals surface area contributed by atoms with Crippen LogP contribution in [-0.4, -0.2) is 73.8 Å². The van der Waals surface area contributed by atoms with Gasteiger partial charge >= 0.3 is 6.03 Å². The number of carbonyl (C=O) groups is 3. The summed E-state index contributed by atoms with van der Waals surface area (Å²) < 4.78 is 25.6. The Labute approximate surface area is 248 Å². The molecule has 3 aromatic carbocycles. The van der Waals surface area contributed by atoms with Crippen LogP contribution >= 0.6 is 0 Å². The molecule has 4 aromatic rings. The molecule has 1 aliphatic rings. The second-order valence-corrected chi connectivity index (χ2v) is 10.5. The molecule has 0 unspecified atom stereocenters. The molecule has 3 amide bonds. The van der Waals surface area contributed by atoms with Gasteiger partial charge in [-0.25, -0.2) is 9.18 Å². The van der Waals surface area contributed by atoms with Gasteiger partial charge < -0.3 is 34.9 Å². The van der Waals surface area contributed by atoms with Crippen molar-refractivity contribution in [2.75, 3.05) is 52.0 Å². The molecule has 2 heterocycles. The van der Waals surface area contributed by atoms with Gasteiger partial charge in [-0.05, 0) is 75.6 Å². The number of amides is 3. The number of rotatable bonds is 8. The fraction of sp³-hybridized carbons (Fsp3) is 0.219. The molecule has 10 nitrogen and oxygen atoms in total. The van der Waals surface area contributed by atoms with Crippen molar-refractivity contribution in [2.24, 2.45) is 0 Å². The van der Waals surface area contributed by atoms with E-state index in [-0.39, 0.29) is 23.0 Å². The Bertz CT molecular complexity index is 1760. The number of carbonyl (C=O) groups excluding carboxylic acids is 3. The van der Waals surface area contributed by atoms with Gasteiger partial charge in [-0.15, -0.1) is 0 Å². The molecule has 1 aromatic heterocycles. The van der Waals surface area contributed by atoms with Crippen molar-refractivity contribution in [3.63, 3.8) is 0 Å². The Balaban J connectivity index is 1.26. The zero-order chi connectivity index (χ0) is 30.8. The quantitative estimate of drug-likeness (QED) is 0.235. The van der Waals surface area contributed by atoms with Gasteiger partial charge in [-0.2, -0.15) is 0 Å². The van der Waals surface area contributed by atoms with Crippen LogP contribution in [0.25, 0.3) is 17.0 Å². The smallest absolute Gasteiger partial charge is 0.323 e. The Hall–Kier alpha value is -5.16. The van der Waals surface area contributed by atoms with Crippen molar-refractivity contribution in [3.05, 3.63) is 88.6 Å². The first-order valence-corrected chi connectivity index (χ1v) is 13.6. The first-order valence-electron chi connectivity index (χ1n) is 13.6. The van der Waals surface area contributed by atoms with Gasteiger partial charge in [-0.3, -0.25) is 9.59 Å². The fourth-order valence-corrected chi connectivity index (χ4v) is 4.74. The molecule has 11 heteroatoms. The van der Waals surface area contributed by atoms with E-state index in [4.69, 9.17) is 9.47 Å². The molecule has 0 saturated carbocycles. The second kappa shape index (κ2) is 12.0. The van der Waals surface area contributed by atoms with Gasteiger partial charge in [0.2, 0.25) is 5.78 Å². The van der Waals surface area contributed by atoms with Crippen LogP contribution in [0.5, 0.6) is 11.5 Å². The zero-order valence-electron chi connectivity index (χ0n) is 24.5. The first kappa shape index (κ1) is 29.3. The number of nitrogens with one attached hydrogen (secondary N) is 3. The summed E-state index contributed by atoms with van der Waals surface area (Å²) in [6.07, 6.45) is 1.57. The molecule has 0 saturated heterocycles. The van der Waals surface area contributed by atoms with Crippen LogP contribution in [0, 0.1) is 12.7 Å². The summed E-state index contributed by atoms with van der Waals surface area (Å²) in [5, 5.41) is 6.00. The summed E-state index contributed by atoms with van der Waals surface area (Å²) in [5.74, 6) is -0.168. The van der Waals surface area contributed by atoms with Crippen LogP contribution < -0.4 is 20.1 Å². The summed E-state index contributed by atoms with van der Waals surface area (Å²) in [5.41, 5.74) is 3.26. The van der Waals surface area contributed by atoms with Crippen LogP contribution in [0.1, 0.15) is 32.0 Å². The minimum atomic E-state index is -0.519. The number of aromatic nitrogens is 1. The van der Waals surface area contributed by atoms with E-state index < -0.39 is 11.8 Å². The highest BCUT2D eigenvalue weighted by atomic mass is 19.1. The third-order valence-corrected chi connectivity index (χ3v) is 7.13. The lowest BCUT2D eigenvalue weighted by Crippen LogP contribution is -2.33. The number of allylic oxidation sites excluding steroid dienone is 1. The summed E-state index contributed by atoms with van der Waals surface area (Å²) >= 11 is 0. The number of nitrogens with zero attached hydrogens (tertiary/aromatic N) is 2. The zero-order valence-corrected chi connectivity index (χ0v) is 24.5. The molecule has 0 atom stereocenters. The monoisotopic (exact) mass is 585 g/mol. The van der Waals surface area contributed by atoms with E-state index in [0.29, 0.717) is 57.1 Å². The molecular weight excluding hydrogens is 553 g/mol. The molecule has 222 valence electrons. The number of urea groups is 1. The van der Waals surface area contributed by atoms with E-state index in [2.05, 4.69) is 15.6 Å². The average molecular weight is 586 g/mol. The van der Waals surface area contributed by atoms with Crippen molar-refractivity contribution < 1.29 is 28.2 Å². The average Bonchev–Trinajstić information content (AvgIpc) is 3.47. The number of Topliss-reactive ketones (excluding diaryl/α,β-unsaturated/α-hetero) is 1. The predicted molar refractivity (Wildman–Crippen MR) is 164 cm³/mol. The predicted octanol–water partition coefficient (Wildman–Crippen LogP) is 5.52. The van der Waals surface area contributed by atoms with Crippen molar-refractivity contribution in [1.82, 2.24) is 14.8 Å². The van der Waals surface area contributed by atoms with E-state index >= 15 is 0 Å². The maximum Gasteiger partial charge on any atom is 0.323 e. The van der Waals surface area contributed by atoms with E-state index in [1.165, 1.54) is 19.2 Å². The third-order valence-electron chi connectivity index (χ3n) is 7.13. The number of hydrogen-bond donors (Lipinski definition) is 3. The van der Waals surface area contributed by atoms with Crippen molar-refractivity contribution in [1.29, 1.82) is 0 Å². The number of likely N-dealkylation sites (N-methyl/N-ethyl adjacent to an activating group) is 2. The van der Waals surface area contributed by atoms with E-state index in [1.54, 1.807) is 67.4 Å². The van der Waals surface area contributed by atoms with Crippen LogP contribution in [0.3, 0.4) is 0 Å².